The maximum Gasteiger partial charge on any atom is 0.201 e. The number of aromatic hydroxyl groups is 3. The normalized spacial score (nSPS) is 32.5. The molecule has 0 amide bonds. The first kappa shape index (κ1) is 21.5. The highest BCUT2D eigenvalue weighted by atomic mass is 16.6. The van der Waals surface area contributed by atoms with Crippen LogP contribution in [0.4, 0.5) is 0 Å². The summed E-state index contributed by atoms with van der Waals surface area (Å²) in [4.78, 5) is 13.1. The molecule has 6 atom stereocenters. The summed E-state index contributed by atoms with van der Waals surface area (Å²) in [6, 6.07) is 4.50. The number of rotatable bonds is 2. The van der Waals surface area contributed by atoms with Gasteiger partial charge in [0.05, 0.1) is 17.7 Å². The Morgan fingerprint density at radius 3 is 2.10 bits per heavy atom. The van der Waals surface area contributed by atoms with Crippen LogP contribution in [0.15, 0.2) is 24.3 Å². The van der Waals surface area contributed by atoms with Gasteiger partial charge >= 0.3 is 0 Å². The smallest absolute Gasteiger partial charge is 0.201 e. The van der Waals surface area contributed by atoms with Crippen LogP contribution in [-0.2, 0) is 10.3 Å². The van der Waals surface area contributed by atoms with E-state index in [0.717, 1.165) is 12.1 Å². The lowest BCUT2D eigenvalue weighted by Gasteiger charge is -2.49. The maximum atomic E-state index is 13.1. The summed E-state index contributed by atoms with van der Waals surface area (Å²) in [5, 5.41) is 83.4. The summed E-state index contributed by atoms with van der Waals surface area (Å²) in [5.41, 5.74) is -3.39. The van der Waals surface area contributed by atoms with Crippen molar-refractivity contribution >= 4 is 5.78 Å². The van der Waals surface area contributed by atoms with Gasteiger partial charge in [0.2, 0.25) is 5.78 Å². The van der Waals surface area contributed by atoms with Crippen molar-refractivity contribution in [2.45, 2.75) is 43.0 Å². The van der Waals surface area contributed by atoms with Gasteiger partial charge in [-0.15, -0.1) is 0 Å². The molecule has 2 aromatic carbocycles. The molecule has 4 rings (SSSR count). The molecule has 1 aliphatic carbocycles. The van der Waals surface area contributed by atoms with Crippen LogP contribution in [0.5, 0.6) is 17.2 Å². The minimum absolute atomic E-state index is 0.197. The van der Waals surface area contributed by atoms with Crippen molar-refractivity contribution in [1.82, 2.24) is 0 Å². The number of ketones is 1. The Labute approximate surface area is 175 Å². The van der Waals surface area contributed by atoms with Gasteiger partial charge in [0.25, 0.3) is 0 Å². The average molecular weight is 434 g/mol. The first-order valence-corrected chi connectivity index (χ1v) is 9.50. The topological polar surface area (TPSA) is 188 Å². The Bertz CT molecular complexity index is 1000. The monoisotopic (exact) mass is 434 g/mol. The molecular weight excluding hydrogens is 412 g/mol. The second-order valence-corrected chi connectivity index (χ2v) is 7.94. The molecule has 2 aliphatic rings. The molecule has 1 fully saturated rings. The number of benzene rings is 2. The molecule has 0 unspecified atom stereocenters. The molecular formula is C21H22O10. The Morgan fingerprint density at radius 1 is 0.903 bits per heavy atom. The van der Waals surface area contributed by atoms with Gasteiger partial charge in [0.1, 0.15) is 53.4 Å². The van der Waals surface area contributed by atoms with E-state index >= 15 is 0 Å². The SMILES string of the molecule is Cc1cc(O)c2c(c1)[C@@](O)([C@@H]1O[C@H](CO)[C@@H](O)[C@H](O)[C@H]1O)c1cc(O)cc(O)c1C2=O. The molecule has 0 bridgehead atoms. The second kappa shape index (κ2) is 7.16. The van der Waals surface area contributed by atoms with E-state index in [-0.39, 0.29) is 16.7 Å². The lowest BCUT2D eigenvalue weighted by Crippen LogP contribution is -2.65. The summed E-state index contributed by atoms with van der Waals surface area (Å²) >= 11 is 0. The molecule has 166 valence electrons. The highest BCUT2D eigenvalue weighted by molar-refractivity contribution is 6.16. The van der Waals surface area contributed by atoms with Crippen LogP contribution in [0, 0.1) is 6.92 Å². The predicted molar refractivity (Wildman–Crippen MR) is 103 cm³/mol. The fourth-order valence-corrected chi connectivity index (χ4v) is 4.48. The lowest BCUT2D eigenvalue weighted by atomic mass is 9.68. The molecule has 2 aromatic rings. The molecule has 1 saturated heterocycles. The van der Waals surface area contributed by atoms with Crippen LogP contribution in [0.3, 0.4) is 0 Å². The van der Waals surface area contributed by atoms with Crippen LogP contribution in [-0.4, -0.2) is 83.8 Å². The predicted octanol–water partition coefficient (Wildman–Crippen LogP) is -1.27. The zero-order valence-electron chi connectivity index (χ0n) is 16.3. The largest absolute Gasteiger partial charge is 0.508 e. The first-order valence-electron chi connectivity index (χ1n) is 9.50. The third-order valence-electron chi connectivity index (χ3n) is 5.94. The van der Waals surface area contributed by atoms with E-state index in [2.05, 4.69) is 0 Å². The standard InChI is InChI=1S/C21H22O10/c1-7-2-9-14(11(24)3-7)17(27)15-10(4-8(23)5-12(15)25)21(9,30)20-19(29)18(28)16(26)13(6-22)31-20/h2-5,13,16,18-20,22-26,28-30H,6H2,1H3/t13-,16-,18+,19-,20-,21+/m1/s1. The molecule has 1 aliphatic heterocycles. The first-order chi connectivity index (χ1) is 14.5. The van der Waals surface area contributed by atoms with E-state index in [1.165, 1.54) is 12.1 Å². The Morgan fingerprint density at radius 2 is 1.48 bits per heavy atom. The molecule has 1 heterocycles. The van der Waals surface area contributed by atoms with E-state index < -0.39 is 71.3 Å². The molecule has 10 nitrogen and oxygen atoms in total. The van der Waals surface area contributed by atoms with Gasteiger partial charge in [-0.25, -0.2) is 0 Å². The number of phenolic OH excluding ortho intramolecular Hbond substituents is 3. The highest BCUT2D eigenvalue weighted by Crippen LogP contribution is 2.51. The van der Waals surface area contributed by atoms with Gasteiger partial charge in [-0.3, -0.25) is 4.79 Å². The van der Waals surface area contributed by atoms with E-state index in [4.69, 9.17) is 4.74 Å². The number of fused-ring (bicyclic) bond motifs is 2. The van der Waals surface area contributed by atoms with Crippen molar-refractivity contribution < 1.29 is 50.4 Å². The number of ether oxygens (including phenoxy) is 1. The van der Waals surface area contributed by atoms with Gasteiger partial charge in [0, 0.05) is 17.2 Å². The van der Waals surface area contributed by atoms with E-state index in [1.807, 2.05) is 0 Å². The Balaban J connectivity index is 2.06. The van der Waals surface area contributed by atoms with Crippen molar-refractivity contribution in [1.29, 1.82) is 0 Å². The van der Waals surface area contributed by atoms with Gasteiger partial charge in [-0.05, 0) is 24.6 Å². The number of carbonyl (C=O) groups is 1. The average Bonchev–Trinajstić information content (AvgIpc) is 2.69. The van der Waals surface area contributed by atoms with Crippen molar-refractivity contribution in [3.05, 3.63) is 52.1 Å². The zero-order chi connectivity index (χ0) is 22.8. The summed E-state index contributed by atoms with van der Waals surface area (Å²) < 4.78 is 5.57. The Hall–Kier alpha value is -2.73. The summed E-state index contributed by atoms with van der Waals surface area (Å²) in [6.45, 7) is 0.814. The van der Waals surface area contributed by atoms with Gasteiger partial charge < -0.3 is 45.6 Å². The van der Waals surface area contributed by atoms with Crippen molar-refractivity contribution in [2.75, 3.05) is 6.61 Å². The summed E-state index contributed by atoms with van der Waals surface area (Å²) in [7, 11) is 0. The van der Waals surface area contributed by atoms with E-state index in [0.29, 0.717) is 5.56 Å². The van der Waals surface area contributed by atoms with Crippen molar-refractivity contribution in [3.8, 4) is 17.2 Å². The van der Waals surface area contributed by atoms with Crippen LogP contribution in [0.2, 0.25) is 0 Å². The Kier molecular flexibility index (Phi) is 4.97. The number of hydrogen-bond acceptors (Lipinski definition) is 10. The number of aryl methyl sites for hydroxylation is 1. The molecule has 10 heteroatoms. The van der Waals surface area contributed by atoms with Crippen molar-refractivity contribution in [3.63, 3.8) is 0 Å². The summed E-state index contributed by atoms with van der Waals surface area (Å²) in [6.07, 6.45) is -8.59. The molecule has 31 heavy (non-hydrogen) atoms. The van der Waals surface area contributed by atoms with E-state index in [9.17, 15) is 45.6 Å². The van der Waals surface area contributed by atoms with Gasteiger partial charge in [-0.2, -0.15) is 0 Å². The number of carbonyl (C=O) groups excluding carboxylic acids is 1. The second-order valence-electron chi connectivity index (χ2n) is 7.94. The molecule has 0 spiro atoms. The lowest BCUT2D eigenvalue weighted by molar-refractivity contribution is -0.265. The third kappa shape index (κ3) is 2.92. The van der Waals surface area contributed by atoms with Crippen LogP contribution < -0.4 is 0 Å². The maximum absolute atomic E-state index is 13.1. The number of aliphatic hydroxyl groups excluding tert-OH is 4. The molecule has 8 N–H and O–H groups in total. The quantitative estimate of drug-likeness (QED) is 0.283. The van der Waals surface area contributed by atoms with Gasteiger partial charge in [0.15, 0.2) is 0 Å². The van der Waals surface area contributed by atoms with Crippen molar-refractivity contribution in [2.24, 2.45) is 0 Å². The molecule has 0 radical (unpaired) electrons. The fourth-order valence-electron chi connectivity index (χ4n) is 4.48. The van der Waals surface area contributed by atoms with Gasteiger partial charge in [-0.1, -0.05) is 6.07 Å². The third-order valence-corrected chi connectivity index (χ3v) is 5.94. The summed E-state index contributed by atoms with van der Waals surface area (Å²) in [5.74, 6) is -2.53. The molecule has 0 saturated carbocycles. The highest BCUT2D eigenvalue weighted by Gasteiger charge is 2.58. The number of hydrogen-bond donors (Lipinski definition) is 8. The fraction of sp³-hybridized carbons (Fsp3) is 0.381. The van der Waals surface area contributed by atoms with E-state index in [1.54, 1.807) is 6.92 Å². The van der Waals surface area contributed by atoms with Crippen LogP contribution in [0.1, 0.15) is 32.6 Å². The zero-order valence-corrected chi connectivity index (χ0v) is 16.3. The van der Waals surface area contributed by atoms with Crippen LogP contribution in [0.25, 0.3) is 0 Å². The minimum atomic E-state index is -2.48. The number of aliphatic hydroxyl groups is 5. The minimum Gasteiger partial charge on any atom is -0.508 e. The number of phenols is 3. The molecule has 0 aromatic heterocycles. The van der Waals surface area contributed by atoms with Crippen LogP contribution >= 0.6 is 0 Å².